The molecular weight excluding hydrogens is 246 g/mol. The van der Waals surface area contributed by atoms with Crippen LogP contribution >= 0.6 is 0 Å². The molecule has 0 aliphatic heterocycles. The number of hydrogen-bond acceptors (Lipinski definition) is 4. The fraction of sp³-hybridized carbons (Fsp3) is 0.500. The maximum absolute atomic E-state index is 11.8. The summed E-state index contributed by atoms with van der Waals surface area (Å²) in [7, 11) is 1.33. The summed E-state index contributed by atoms with van der Waals surface area (Å²) < 4.78 is 4.78. The Labute approximate surface area is 112 Å². The van der Waals surface area contributed by atoms with Crippen LogP contribution in [0.5, 0.6) is 0 Å². The molecule has 0 heterocycles. The van der Waals surface area contributed by atoms with Crippen molar-refractivity contribution in [2.24, 2.45) is 0 Å². The van der Waals surface area contributed by atoms with Gasteiger partial charge in [-0.05, 0) is 17.9 Å². The van der Waals surface area contributed by atoms with Crippen LogP contribution < -0.4 is 0 Å². The van der Waals surface area contributed by atoms with Crippen LogP contribution in [0, 0.1) is 10.1 Å². The Hall–Kier alpha value is -1.91. The first-order valence-electron chi connectivity index (χ1n) is 6.29. The number of nitrogens with zero attached hydrogens (tertiary/aromatic N) is 1. The molecule has 0 aliphatic carbocycles. The zero-order valence-electron chi connectivity index (χ0n) is 11.7. The molecule has 0 N–H and O–H groups in total. The Morgan fingerprint density at radius 1 is 1.42 bits per heavy atom. The van der Waals surface area contributed by atoms with E-state index in [1.807, 2.05) is 20.8 Å². The lowest BCUT2D eigenvalue weighted by Crippen LogP contribution is -2.16. The number of nitro benzene ring substituents is 1. The van der Waals surface area contributed by atoms with Gasteiger partial charge >= 0.3 is 5.97 Å². The summed E-state index contributed by atoms with van der Waals surface area (Å²) in [5, 5.41) is 11.1. The Balaban J connectivity index is 3.45. The highest BCUT2D eigenvalue weighted by Crippen LogP contribution is 2.35. The van der Waals surface area contributed by atoms with Gasteiger partial charge in [0.1, 0.15) is 0 Å². The molecule has 1 unspecified atom stereocenters. The number of nitro groups is 1. The molecule has 1 atom stereocenters. The van der Waals surface area contributed by atoms with Crippen molar-refractivity contribution in [3.8, 4) is 0 Å². The second kappa shape index (κ2) is 6.31. The number of esters is 1. The van der Waals surface area contributed by atoms with Crippen molar-refractivity contribution in [2.75, 3.05) is 7.11 Å². The van der Waals surface area contributed by atoms with Gasteiger partial charge in [-0.1, -0.05) is 32.9 Å². The Kier molecular flexibility index (Phi) is 5.03. The molecule has 0 bridgehead atoms. The molecule has 104 valence electrons. The van der Waals surface area contributed by atoms with Crippen molar-refractivity contribution in [1.82, 2.24) is 0 Å². The zero-order valence-corrected chi connectivity index (χ0v) is 11.7. The third-order valence-electron chi connectivity index (χ3n) is 3.16. The summed E-state index contributed by atoms with van der Waals surface area (Å²) in [6, 6.07) is 4.86. The topological polar surface area (TPSA) is 69.4 Å². The monoisotopic (exact) mass is 265 g/mol. The number of carbonyl (C=O) groups is 1. The summed E-state index contributed by atoms with van der Waals surface area (Å²) in [4.78, 5) is 22.5. The van der Waals surface area contributed by atoms with Crippen molar-refractivity contribution in [3.63, 3.8) is 0 Å². The van der Waals surface area contributed by atoms with Gasteiger partial charge < -0.3 is 4.74 Å². The highest BCUT2D eigenvalue weighted by molar-refractivity contribution is 5.79. The average Bonchev–Trinajstić information content (AvgIpc) is 2.38. The van der Waals surface area contributed by atoms with Gasteiger partial charge in [0.05, 0.1) is 18.0 Å². The van der Waals surface area contributed by atoms with Gasteiger partial charge in [0.2, 0.25) is 0 Å². The number of methoxy groups -OCH3 is 1. The van der Waals surface area contributed by atoms with Gasteiger partial charge in [-0.3, -0.25) is 14.9 Å². The molecule has 0 saturated carbocycles. The predicted molar refractivity (Wildman–Crippen MR) is 72.2 cm³/mol. The third kappa shape index (κ3) is 3.10. The first-order valence-corrected chi connectivity index (χ1v) is 6.29. The average molecular weight is 265 g/mol. The lowest BCUT2D eigenvalue weighted by atomic mass is 9.86. The van der Waals surface area contributed by atoms with Gasteiger partial charge in [-0.25, -0.2) is 0 Å². The molecule has 1 aromatic rings. The van der Waals surface area contributed by atoms with Crippen LogP contribution in [0.3, 0.4) is 0 Å². The van der Waals surface area contributed by atoms with Crippen LogP contribution in [0.2, 0.25) is 0 Å². The number of ether oxygens (including phenoxy) is 1. The van der Waals surface area contributed by atoms with Crippen LogP contribution in [0.1, 0.15) is 50.2 Å². The van der Waals surface area contributed by atoms with E-state index in [2.05, 4.69) is 0 Å². The predicted octanol–water partition coefficient (Wildman–Crippen LogP) is 3.38. The molecular formula is C14H19NO4. The number of benzene rings is 1. The van der Waals surface area contributed by atoms with Crippen LogP contribution in [-0.2, 0) is 9.53 Å². The van der Waals surface area contributed by atoms with Gasteiger partial charge in [0.15, 0.2) is 0 Å². The SMILES string of the molecule is CCC(C(=O)OC)c1cccc([N+](=O)[O-])c1C(C)C. The molecule has 0 aliphatic rings. The van der Waals surface area contributed by atoms with Crippen molar-refractivity contribution in [1.29, 1.82) is 0 Å². The van der Waals surface area contributed by atoms with Crippen LogP contribution in [0.25, 0.3) is 0 Å². The normalized spacial score (nSPS) is 12.3. The summed E-state index contributed by atoms with van der Waals surface area (Å²) in [6.45, 7) is 5.64. The van der Waals surface area contributed by atoms with E-state index in [9.17, 15) is 14.9 Å². The minimum Gasteiger partial charge on any atom is -0.469 e. The summed E-state index contributed by atoms with van der Waals surface area (Å²) >= 11 is 0. The van der Waals surface area contributed by atoms with E-state index < -0.39 is 10.8 Å². The first-order chi connectivity index (χ1) is 8.93. The van der Waals surface area contributed by atoms with Gasteiger partial charge in [0.25, 0.3) is 5.69 Å². The highest BCUT2D eigenvalue weighted by Gasteiger charge is 2.28. The number of hydrogen-bond donors (Lipinski definition) is 0. The first kappa shape index (κ1) is 15.1. The fourth-order valence-electron chi connectivity index (χ4n) is 2.32. The lowest BCUT2D eigenvalue weighted by Gasteiger charge is -2.19. The highest BCUT2D eigenvalue weighted by atomic mass is 16.6. The Bertz CT molecular complexity index is 482. The number of rotatable bonds is 5. The minimum atomic E-state index is -0.456. The smallest absolute Gasteiger partial charge is 0.313 e. The molecule has 1 aromatic carbocycles. The standard InChI is InChI=1S/C14H19NO4/c1-5-10(14(16)19-4)11-7-6-8-12(15(17)18)13(11)9(2)3/h6-10H,5H2,1-4H3. The molecule has 0 radical (unpaired) electrons. The molecule has 0 aromatic heterocycles. The van der Waals surface area contributed by atoms with Crippen molar-refractivity contribution < 1.29 is 14.5 Å². The van der Waals surface area contributed by atoms with Crippen molar-refractivity contribution in [3.05, 3.63) is 39.4 Å². The van der Waals surface area contributed by atoms with Crippen LogP contribution in [0.4, 0.5) is 5.69 Å². The van der Waals surface area contributed by atoms with E-state index >= 15 is 0 Å². The van der Waals surface area contributed by atoms with E-state index in [0.29, 0.717) is 17.5 Å². The molecule has 0 saturated heterocycles. The molecule has 1 rings (SSSR count). The van der Waals surface area contributed by atoms with Gasteiger partial charge in [-0.2, -0.15) is 0 Å². The third-order valence-corrected chi connectivity index (χ3v) is 3.16. The maximum Gasteiger partial charge on any atom is 0.313 e. The largest absolute Gasteiger partial charge is 0.469 e. The minimum absolute atomic E-state index is 0.0321. The van der Waals surface area contributed by atoms with Gasteiger partial charge in [0, 0.05) is 11.6 Å². The van der Waals surface area contributed by atoms with Crippen LogP contribution in [-0.4, -0.2) is 18.0 Å². The second-order valence-corrected chi connectivity index (χ2v) is 4.68. The van der Waals surface area contributed by atoms with Gasteiger partial charge in [-0.15, -0.1) is 0 Å². The van der Waals surface area contributed by atoms with E-state index in [4.69, 9.17) is 4.74 Å². The summed E-state index contributed by atoms with van der Waals surface area (Å²) in [5.41, 5.74) is 1.37. The van der Waals surface area contributed by atoms with E-state index in [1.54, 1.807) is 12.1 Å². The molecule has 5 nitrogen and oxygen atoms in total. The molecule has 0 amide bonds. The summed E-state index contributed by atoms with van der Waals surface area (Å²) in [6.07, 6.45) is 0.549. The second-order valence-electron chi connectivity index (χ2n) is 4.68. The maximum atomic E-state index is 11.8. The summed E-state index contributed by atoms with van der Waals surface area (Å²) in [5.74, 6) is -0.845. The molecule has 0 fully saturated rings. The lowest BCUT2D eigenvalue weighted by molar-refractivity contribution is -0.385. The van der Waals surface area contributed by atoms with E-state index in [0.717, 1.165) is 0 Å². The van der Waals surface area contributed by atoms with E-state index in [-0.39, 0.29) is 17.6 Å². The fourth-order valence-corrected chi connectivity index (χ4v) is 2.32. The number of carbonyl (C=O) groups excluding carboxylic acids is 1. The Morgan fingerprint density at radius 2 is 2.05 bits per heavy atom. The molecule has 5 heteroatoms. The Morgan fingerprint density at radius 3 is 2.47 bits per heavy atom. The van der Waals surface area contributed by atoms with E-state index in [1.165, 1.54) is 13.2 Å². The van der Waals surface area contributed by atoms with Crippen LogP contribution in [0.15, 0.2) is 18.2 Å². The van der Waals surface area contributed by atoms with Crippen molar-refractivity contribution >= 4 is 11.7 Å². The zero-order chi connectivity index (χ0) is 14.6. The quantitative estimate of drug-likeness (QED) is 0.465. The van der Waals surface area contributed by atoms with Crippen molar-refractivity contribution in [2.45, 2.75) is 39.0 Å². The molecule has 0 spiro atoms. The molecule has 19 heavy (non-hydrogen) atoms.